The molecule has 7 atom stereocenters. The van der Waals surface area contributed by atoms with Gasteiger partial charge in [0.2, 0.25) is 5.91 Å². The highest BCUT2D eigenvalue weighted by Crippen LogP contribution is 2.35. The van der Waals surface area contributed by atoms with Gasteiger partial charge in [0.15, 0.2) is 0 Å². The van der Waals surface area contributed by atoms with Gasteiger partial charge in [0.05, 0.1) is 12.7 Å². The SMILES string of the molecule is CC1CCC(C(=O)NC2CCCC([C@H](C)SC3NNCN3C)C2)NC1C(F)(F)F. The molecule has 168 valence electrons. The molecule has 3 fully saturated rings. The Hall–Kier alpha value is -0.550. The van der Waals surface area contributed by atoms with Gasteiger partial charge in [0.25, 0.3) is 0 Å². The number of rotatable bonds is 5. The summed E-state index contributed by atoms with van der Waals surface area (Å²) >= 11 is 1.88. The van der Waals surface area contributed by atoms with Crippen LogP contribution in [0.15, 0.2) is 0 Å². The van der Waals surface area contributed by atoms with Crippen molar-refractivity contribution in [1.29, 1.82) is 0 Å². The second kappa shape index (κ2) is 9.72. The fraction of sp³-hybridized carbons (Fsp3) is 0.947. The Labute approximate surface area is 175 Å². The third-order valence-corrected chi connectivity index (χ3v) is 8.10. The van der Waals surface area contributed by atoms with Crippen molar-refractivity contribution in [3.05, 3.63) is 0 Å². The lowest BCUT2D eigenvalue weighted by Gasteiger charge is -2.38. The lowest BCUT2D eigenvalue weighted by Crippen LogP contribution is -2.59. The number of halogens is 3. The smallest absolute Gasteiger partial charge is 0.352 e. The second-order valence-corrected chi connectivity index (χ2v) is 10.3. The molecule has 0 aromatic carbocycles. The number of hydrazine groups is 1. The van der Waals surface area contributed by atoms with E-state index in [1.54, 1.807) is 6.92 Å². The Balaban J connectivity index is 1.50. The molecule has 29 heavy (non-hydrogen) atoms. The zero-order chi connectivity index (χ0) is 21.2. The van der Waals surface area contributed by atoms with Crippen molar-refractivity contribution < 1.29 is 18.0 Å². The normalized spacial score (nSPS) is 38.0. The molecule has 0 bridgehead atoms. The predicted molar refractivity (Wildman–Crippen MR) is 109 cm³/mol. The van der Waals surface area contributed by atoms with Crippen LogP contribution < -0.4 is 21.5 Å². The maximum absolute atomic E-state index is 13.2. The average molecular weight is 438 g/mol. The first-order valence-electron chi connectivity index (χ1n) is 10.6. The zero-order valence-electron chi connectivity index (χ0n) is 17.4. The first-order chi connectivity index (χ1) is 13.6. The summed E-state index contributed by atoms with van der Waals surface area (Å²) in [5, 5.41) is 6.03. The van der Waals surface area contributed by atoms with Gasteiger partial charge in [0.1, 0.15) is 11.5 Å². The number of nitrogens with zero attached hydrogens (tertiary/aromatic N) is 1. The first kappa shape index (κ1) is 23.1. The molecule has 0 radical (unpaired) electrons. The molecule has 2 aliphatic heterocycles. The maximum Gasteiger partial charge on any atom is 0.404 e. The Morgan fingerprint density at radius 1 is 1.24 bits per heavy atom. The van der Waals surface area contributed by atoms with Gasteiger partial charge in [-0.05, 0) is 51.0 Å². The molecule has 6 nitrogen and oxygen atoms in total. The van der Waals surface area contributed by atoms with Gasteiger partial charge < -0.3 is 5.32 Å². The number of carbonyl (C=O) groups excluding carboxylic acids is 1. The van der Waals surface area contributed by atoms with Crippen LogP contribution in [0.3, 0.4) is 0 Å². The molecule has 10 heteroatoms. The van der Waals surface area contributed by atoms with E-state index in [9.17, 15) is 18.0 Å². The van der Waals surface area contributed by atoms with Gasteiger partial charge in [-0.15, -0.1) is 11.8 Å². The van der Waals surface area contributed by atoms with Gasteiger partial charge in [0, 0.05) is 11.3 Å². The molecule has 0 aromatic rings. The number of thioether (sulfide) groups is 1. The van der Waals surface area contributed by atoms with Crippen molar-refractivity contribution in [3.8, 4) is 0 Å². The maximum atomic E-state index is 13.2. The van der Waals surface area contributed by atoms with Crippen LogP contribution in [0.1, 0.15) is 52.4 Å². The Morgan fingerprint density at radius 2 is 2.00 bits per heavy atom. The Morgan fingerprint density at radius 3 is 2.66 bits per heavy atom. The summed E-state index contributed by atoms with van der Waals surface area (Å²) in [5.41, 5.74) is 6.61. The lowest BCUT2D eigenvalue weighted by molar-refractivity contribution is -0.175. The molecule has 3 aliphatic rings. The summed E-state index contributed by atoms with van der Waals surface area (Å²) in [6, 6.07) is -2.32. The van der Waals surface area contributed by atoms with E-state index in [1.165, 1.54) is 0 Å². The average Bonchev–Trinajstić information content (AvgIpc) is 3.06. The van der Waals surface area contributed by atoms with Crippen molar-refractivity contribution in [2.24, 2.45) is 11.8 Å². The molecular formula is C19H34F3N5OS. The molecule has 3 rings (SSSR count). The summed E-state index contributed by atoms with van der Waals surface area (Å²) < 4.78 is 39.6. The van der Waals surface area contributed by atoms with Gasteiger partial charge in [-0.25, -0.2) is 10.9 Å². The van der Waals surface area contributed by atoms with E-state index < -0.39 is 24.2 Å². The number of alkyl halides is 3. The van der Waals surface area contributed by atoms with Crippen molar-refractivity contribution in [2.45, 2.75) is 87.4 Å². The van der Waals surface area contributed by atoms with Gasteiger partial charge in [-0.1, -0.05) is 20.3 Å². The molecule has 1 saturated carbocycles. The summed E-state index contributed by atoms with van der Waals surface area (Å²) in [4.78, 5) is 14.9. The van der Waals surface area contributed by atoms with Crippen LogP contribution in [0.4, 0.5) is 13.2 Å². The predicted octanol–water partition coefficient (Wildman–Crippen LogP) is 2.38. The van der Waals surface area contributed by atoms with Gasteiger partial charge >= 0.3 is 6.18 Å². The molecule has 0 spiro atoms. The van der Waals surface area contributed by atoms with Crippen LogP contribution in [-0.2, 0) is 4.79 Å². The van der Waals surface area contributed by atoms with E-state index >= 15 is 0 Å². The fourth-order valence-corrected chi connectivity index (χ4v) is 5.98. The molecule has 2 heterocycles. The highest BCUT2D eigenvalue weighted by Gasteiger charge is 2.47. The first-order valence-corrected chi connectivity index (χ1v) is 11.6. The second-order valence-electron chi connectivity index (χ2n) is 8.86. The van der Waals surface area contributed by atoms with Crippen LogP contribution in [0.25, 0.3) is 0 Å². The molecular weight excluding hydrogens is 403 g/mol. The quantitative estimate of drug-likeness (QED) is 0.530. The minimum Gasteiger partial charge on any atom is -0.352 e. The van der Waals surface area contributed by atoms with Crippen LogP contribution in [-0.4, -0.2) is 59.6 Å². The lowest BCUT2D eigenvalue weighted by atomic mass is 9.83. The number of carbonyl (C=O) groups is 1. The molecule has 1 aliphatic carbocycles. The summed E-state index contributed by atoms with van der Waals surface area (Å²) in [6.07, 6.45) is 0.481. The highest BCUT2D eigenvalue weighted by molar-refractivity contribution is 8.00. The van der Waals surface area contributed by atoms with Crippen molar-refractivity contribution in [1.82, 2.24) is 26.4 Å². The largest absolute Gasteiger partial charge is 0.404 e. The number of nitrogens with one attached hydrogen (secondary N) is 4. The Bertz CT molecular complexity index is 566. The van der Waals surface area contributed by atoms with E-state index in [2.05, 4.69) is 40.4 Å². The molecule has 4 N–H and O–H groups in total. The van der Waals surface area contributed by atoms with E-state index in [0.29, 0.717) is 24.0 Å². The van der Waals surface area contributed by atoms with E-state index in [4.69, 9.17) is 0 Å². The van der Waals surface area contributed by atoms with Crippen molar-refractivity contribution in [3.63, 3.8) is 0 Å². The van der Waals surface area contributed by atoms with Crippen LogP contribution in [0.5, 0.6) is 0 Å². The molecule has 1 amide bonds. The molecule has 2 saturated heterocycles. The third-order valence-electron chi connectivity index (χ3n) is 6.55. The van der Waals surface area contributed by atoms with Gasteiger partial charge in [-0.2, -0.15) is 13.2 Å². The third kappa shape index (κ3) is 6.00. The number of hydrogen-bond donors (Lipinski definition) is 4. The van der Waals surface area contributed by atoms with Crippen molar-refractivity contribution in [2.75, 3.05) is 13.7 Å². The van der Waals surface area contributed by atoms with E-state index in [0.717, 1.165) is 32.4 Å². The summed E-state index contributed by atoms with van der Waals surface area (Å²) in [6.45, 7) is 4.63. The van der Waals surface area contributed by atoms with Crippen molar-refractivity contribution >= 4 is 17.7 Å². The Kier molecular flexibility index (Phi) is 7.75. The highest BCUT2D eigenvalue weighted by atomic mass is 32.2. The van der Waals surface area contributed by atoms with Crippen LogP contribution in [0.2, 0.25) is 0 Å². The molecule has 0 aromatic heterocycles. The molecule has 6 unspecified atom stereocenters. The number of hydrogen-bond acceptors (Lipinski definition) is 6. The monoisotopic (exact) mass is 437 g/mol. The van der Waals surface area contributed by atoms with E-state index in [-0.39, 0.29) is 17.4 Å². The van der Waals surface area contributed by atoms with Gasteiger partial charge in [-0.3, -0.25) is 15.0 Å². The van der Waals surface area contributed by atoms with Crippen LogP contribution in [0, 0.1) is 11.8 Å². The summed E-state index contributed by atoms with van der Waals surface area (Å²) in [5.74, 6) is -0.302. The fourth-order valence-electron chi connectivity index (χ4n) is 4.67. The number of amides is 1. The minimum absolute atomic E-state index is 0.0437. The standard InChI is InChI=1S/C19H34F3N5OS/c1-11-7-8-15(25-16(11)19(20,21)22)17(28)24-14-6-4-5-13(9-14)12(2)29-18-26-23-10-27(18)3/h11-16,18,23,25-26H,4-10H2,1-3H3,(H,24,28)/t11?,12-,13?,14?,15?,16?,18?/m0/s1. The van der Waals surface area contributed by atoms with Crippen LogP contribution >= 0.6 is 11.8 Å². The topological polar surface area (TPSA) is 68.4 Å². The number of piperidine rings is 1. The van der Waals surface area contributed by atoms with E-state index in [1.807, 2.05) is 11.8 Å². The summed E-state index contributed by atoms with van der Waals surface area (Å²) in [7, 11) is 2.06. The zero-order valence-corrected chi connectivity index (χ0v) is 18.2. The minimum atomic E-state index is -4.32.